The fourth-order valence-electron chi connectivity index (χ4n) is 12.3. The van der Waals surface area contributed by atoms with E-state index in [1.165, 1.54) is 48.2 Å². The molecular weight excluding hydrogens is 1570 g/mol. The van der Waals surface area contributed by atoms with Gasteiger partial charge in [0.2, 0.25) is 0 Å². The molecule has 6 atom stereocenters. The minimum absolute atomic E-state index is 0. The number of aliphatic hydroxyl groups is 2. The predicted octanol–water partition coefficient (Wildman–Crippen LogP) is 25.8. The summed E-state index contributed by atoms with van der Waals surface area (Å²) in [5.74, 6) is 3.86. The zero-order chi connectivity index (χ0) is 85.6. The average molecular weight is 1730 g/mol. The van der Waals surface area contributed by atoms with Gasteiger partial charge in [0.15, 0.2) is 0 Å². The van der Waals surface area contributed by atoms with Crippen LogP contribution in [0.25, 0.3) is 6.08 Å². The third-order valence-corrected chi connectivity index (χ3v) is 19.9. The topological polar surface area (TPSA) is 249 Å². The molecule has 8 aromatic carbocycles. The number of benzene rings is 8. The number of methoxy groups -OCH3 is 4. The van der Waals surface area contributed by atoms with Crippen molar-refractivity contribution in [2.45, 2.75) is 277 Å². The molecule has 0 saturated heterocycles. The molecule has 0 amide bonds. The molecule has 0 saturated carbocycles. The highest BCUT2D eigenvalue weighted by atomic mass is 16.6. The monoisotopic (exact) mass is 1730 g/mol. The van der Waals surface area contributed by atoms with Crippen molar-refractivity contribution in [3.05, 3.63) is 247 Å². The highest BCUT2D eigenvalue weighted by Gasteiger charge is 2.27. The summed E-state index contributed by atoms with van der Waals surface area (Å²) in [5.41, 5.74) is 14.2. The van der Waals surface area contributed by atoms with Gasteiger partial charge in [-0.25, -0.2) is 9.59 Å². The Kier molecular flexibility index (Phi) is 60.2. The van der Waals surface area contributed by atoms with Gasteiger partial charge in [-0.05, 0) is 204 Å². The Morgan fingerprint density at radius 1 is 0.411 bits per heavy atom. The maximum atomic E-state index is 12.4. The zero-order valence-corrected chi connectivity index (χ0v) is 72.0. The third kappa shape index (κ3) is 38.6. The van der Waals surface area contributed by atoms with Gasteiger partial charge in [-0.3, -0.25) is 9.59 Å². The van der Waals surface area contributed by atoms with Crippen LogP contribution in [0.4, 0.5) is 0 Å². The van der Waals surface area contributed by atoms with Crippen LogP contribution in [-0.2, 0) is 82.4 Å². The summed E-state index contributed by atoms with van der Waals surface area (Å²) >= 11 is 0. The van der Waals surface area contributed by atoms with Gasteiger partial charge in [-0.2, -0.15) is 0 Å². The van der Waals surface area contributed by atoms with E-state index in [1.807, 2.05) is 107 Å². The number of carbonyl (C=O) groups is 4. The highest BCUT2D eigenvalue weighted by molar-refractivity contribution is 5.91. The number of hydrogen-bond acceptors (Lipinski definition) is 20. The summed E-state index contributed by atoms with van der Waals surface area (Å²) in [6.45, 7) is 37.3. The van der Waals surface area contributed by atoms with E-state index >= 15 is 0 Å². The van der Waals surface area contributed by atoms with E-state index in [4.69, 9.17) is 61.6 Å². The molecule has 0 aliphatic carbocycles. The summed E-state index contributed by atoms with van der Waals surface area (Å²) < 4.78 is 73.0. The van der Waals surface area contributed by atoms with Crippen molar-refractivity contribution in [3.8, 4) is 40.2 Å². The first-order valence-electron chi connectivity index (χ1n) is 39.9. The molecule has 20 heteroatoms. The minimum atomic E-state index is -0.510. The van der Waals surface area contributed by atoms with Crippen LogP contribution in [0.2, 0.25) is 0 Å². The third-order valence-electron chi connectivity index (χ3n) is 19.9. The highest BCUT2D eigenvalue weighted by Crippen LogP contribution is 2.39. The van der Waals surface area contributed by atoms with E-state index < -0.39 is 23.5 Å². The number of aryl methyl sites for hydroxylation is 2. The van der Waals surface area contributed by atoms with Crippen molar-refractivity contribution in [3.63, 3.8) is 0 Å². The Morgan fingerprint density at radius 2 is 0.758 bits per heavy atom. The van der Waals surface area contributed by atoms with Crippen molar-refractivity contribution in [2.75, 3.05) is 61.5 Å². The smallest absolute Gasteiger partial charge is 0.343 e. The molecule has 0 aliphatic heterocycles. The molecule has 8 aromatic rings. The van der Waals surface area contributed by atoms with E-state index in [0.29, 0.717) is 88.4 Å². The fourth-order valence-corrected chi connectivity index (χ4v) is 12.3. The summed E-state index contributed by atoms with van der Waals surface area (Å²) in [6.07, 6.45) is 5.89. The van der Waals surface area contributed by atoms with Gasteiger partial charge < -0.3 is 76.9 Å². The molecule has 6 unspecified atom stereocenters. The van der Waals surface area contributed by atoms with Crippen molar-refractivity contribution < 1.29 is 96.1 Å². The second kappa shape index (κ2) is 62.1. The van der Waals surface area contributed by atoms with E-state index in [-0.39, 0.29) is 142 Å². The Hall–Kier alpha value is -10.1. The fraction of sp³-hybridized carbons (Fsp3) is 0.481. The molecule has 8 rings (SSSR count). The second-order valence-electron chi connectivity index (χ2n) is 29.5. The zero-order valence-electron chi connectivity index (χ0n) is 72.0. The van der Waals surface area contributed by atoms with Crippen LogP contribution in [0.15, 0.2) is 152 Å². The van der Waals surface area contributed by atoms with Gasteiger partial charge in [0, 0.05) is 86.8 Å². The first kappa shape index (κ1) is 120. The standard InChI is InChI=1S/C27H40O4.C25H32O5.C24H30O7.C20H24O4.8CH4/c1-10-19(3)22-11-13-23(14-12-22)31-27(6,7)17-30-26-24(20(4)28-8)15-18(2)16-25(26)21(5)29-9;1-6-18(3)20-8-10-21(11-9-20)25(26)30-13-12-29-24-22(16-27-4)14-19(7-2)15-23(24)17-28-5;1-5-16(2)19-6-8-23(9-7-19)28-10-11-29-24-20(14-30-17(3)25)12-22(27)13-21(24)15-31-18(4)26;1-4-14(3)15-5-7-16(8-6-15)20(23)24-19-17(11-21)9-13(2)10-18(19)12-22;;;;;;;;/h11-16,19-21H,10,17H2,1-9H3;7-11,14-15,18H,2,6,12-13,16-17H2,1,3-5H3;6-9,12-13,16,27H,5,10-11,14-15H2,1-4H3;5-10,14,21-22H,4,11-12H2,1-3H3;8*1H4. The van der Waals surface area contributed by atoms with Gasteiger partial charge >= 0.3 is 23.9 Å². The number of carbonyl (C=O) groups excluding carboxylic acids is 4. The molecule has 124 heavy (non-hydrogen) atoms. The molecular formula is C104H158O20. The van der Waals surface area contributed by atoms with E-state index in [9.17, 15) is 34.5 Å². The summed E-state index contributed by atoms with van der Waals surface area (Å²) in [6, 6.07) is 45.9. The van der Waals surface area contributed by atoms with Crippen LogP contribution < -0.4 is 28.4 Å². The van der Waals surface area contributed by atoms with Crippen LogP contribution in [0, 0.1) is 13.8 Å². The Labute approximate surface area is 747 Å². The molecule has 0 aromatic heterocycles. The number of esters is 4. The van der Waals surface area contributed by atoms with E-state index in [1.54, 1.807) is 58.8 Å². The van der Waals surface area contributed by atoms with Crippen molar-refractivity contribution >= 4 is 30.0 Å². The molecule has 694 valence electrons. The number of rotatable bonds is 40. The number of aliphatic hydroxyl groups excluding tert-OH is 2. The lowest BCUT2D eigenvalue weighted by Gasteiger charge is -2.29. The Bertz CT molecular complexity index is 4220. The quantitative estimate of drug-likeness (QED) is 0.0140. The normalized spacial score (nSPS) is 11.7. The van der Waals surface area contributed by atoms with Crippen LogP contribution in [0.1, 0.15) is 322 Å². The predicted molar refractivity (Wildman–Crippen MR) is 508 cm³/mol. The number of ether oxygens (including phenoxy) is 13. The lowest BCUT2D eigenvalue weighted by molar-refractivity contribution is -0.142. The second-order valence-corrected chi connectivity index (χ2v) is 29.5. The summed E-state index contributed by atoms with van der Waals surface area (Å²) in [7, 11) is 6.70. The van der Waals surface area contributed by atoms with Crippen molar-refractivity contribution in [1.82, 2.24) is 0 Å². The first-order chi connectivity index (χ1) is 55.4. The maximum Gasteiger partial charge on any atom is 0.343 e. The van der Waals surface area contributed by atoms with Gasteiger partial charge in [0.1, 0.15) is 92.1 Å². The summed E-state index contributed by atoms with van der Waals surface area (Å²) in [4.78, 5) is 47.1. The maximum absolute atomic E-state index is 12.4. The number of phenols is 1. The van der Waals surface area contributed by atoms with Crippen molar-refractivity contribution in [2.24, 2.45) is 0 Å². The average Bonchev–Trinajstić information content (AvgIpc) is 0.792. The summed E-state index contributed by atoms with van der Waals surface area (Å²) in [5, 5.41) is 29.0. The minimum Gasteiger partial charge on any atom is -0.508 e. The number of aromatic hydroxyl groups is 1. The van der Waals surface area contributed by atoms with Crippen LogP contribution in [0.3, 0.4) is 0 Å². The molecule has 0 radical (unpaired) electrons. The number of hydrogen-bond donors (Lipinski definition) is 3. The van der Waals surface area contributed by atoms with Crippen LogP contribution in [-0.4, -0.2) is 106 Å². The molecule has 3 N–H and O–H groups in total. The van der Waals surface area contributed by atoms with Crippen LogP contribution >= 0.6 is 0 Å². The lowest BCUT2D eigenvalue weighted by Crippen LogP contribution is -2.36. The van der Waals surface area contributed by atoms with E-state index in [0.717, 1.165) is 81.9 Å². The van der Waals surface area contributed by atoms with Crippen molar-refractivity contribution in [1.29, 1.82) is 0 Å². The molecule has 20 nitrogen and oxygen atoms in total. The molecule has 0 heterocycles. The van der Waals surface area contributed by atoms with E-state index in [2.05, 4.69) is 105 Å². The molecule has 0 fully saturated rings. The number of phenolic OH excluding ortho intramolecular Hbond substituents is 1. The Morgan fingerprint density at radius 3 is 1.11 bits per heavy atom. The van der Waals surface area contributed by atoms with Gasteiger partial charge in [-0.15, -0.1) is 0 Å². The molecule has 0 bridgehead atoms. The SMILES string of the molecule is C.C.C.C.C.C.C.C.C=Cc1cc(COC)c(OCCOC(=O)c2ccc(C(C)CC)cc2)c(COC)c1.CCC(C)c1ccc(C(=O)Oc2c(CO)cc(C)cc2CO)cc1.CCC(C)c1ccc(OC(C)(C)COc2c(C(C)OC)cc(C)cc2C(C)OC)cc1.CCC(C)c1ccc(OCCOc2c(COC(C)=O)cc(O)cc2COC(C)=O)cc1. The molecule has 0 aliphatic rings. The van der Waals surface area contributed by atoms with Gasteiger partial charge in [0.25, 0.3) is 0 Å². The van der Waals surface area contributed by atoms with Gasteiger partial charge in [-0.1, -0.05) is 199 Å². The first-order valence-corrected chi connectivity index (χ1v) is 39.9. The Balaban J connectivity index is -0.000000761. The van der Waals surface area contributed by atoms with Crippen LogP contribution in [0.5, 0.6) is 40.2 Å². The largest absolute Gasteiger partial charge is 0.508 e. The lowest BCUT2D eigenvalue weighted by atomic mass is 9.98. The van der Waals surface area contributed by atoms with Gasteiger partial charge in [0.05, 0.1) is 49.8 Å². The molecule has 0 spiro atoms.